The quantitative estimate of drug-likeness (QED) is 0.136. The van der Waals surface area contributed by atoms with E-state index in [2.05, 4.69) is 27.1 Å². The zero-order valence-electron chi connectivity index (χ0n) is 30.7. The molecule has 1 fully saturated rings. The van der Waals surface area contributed by atoms with E-state index in [4.69, 9.17) is 38.1 Å². The highest BCUT2D eigenvalue weighted by molar-refractivity contribution is 5.88. The molecule has 2 heterocycles. The number of carbonyl (C=O) groups is 1. The molecule has 0 unspecified atom stereocenters. The molecule has 1 aliphatic rings. The summed E-state index contributed by atoms with van der Waals surface area (Å²) >= 11 is 0. The molecule has 278 valence electrons. The average Bonchev–Trinajstić information content (AvgIpc) is 3.16. The van der Waals surface area contributed by atoms with Crippen LogP contribution < -0.4 is 38.6 Å². The Bertz CT molecular complexity index is 1770. The molecule has 1 aliphatic heterocycles. The lowest BCUT2D eigenvalue weighted by Crippen LogP contribution is -2.44. The average molecular weight is 717 g/mol. The van der Waals surface area contributed by atoms with Gasteiger partial charge < -0.3 is 48.3 Å². The van der Waals surface area contributed by atoms with Gasteiger partial charge in [-0.2, -0.15) is 4.98 Å². The Morgan fingerprint density at radius 1 is 0.827 bits per heavy atom. The van der Waals surface area contributed by atoms with Crippen LogP contribution in [0.15, 0.2) is 66.9 Å². The molecule has 1 saturated heterocycles. The number of likely N-dealkylation sites (N-methyl/N-ethyl adjacent to an activating group) is 1. The van der Waals surface area contributed by atoms with Crippen molar-refractivity contribution in [2.75, 3.05) is 92.1 Å². The second-order valence-corrected chi connectivity index (χ2v) is 12.1. The lowest BCUT2D eigenvalue weighted by Gasteiger charge is -2.32. The molecular weight excluding hydrogens is 668 g/mol. The summed E-state index contributed by atoms with van der Waals surface area (Å²) in [6.07, 6.45) is 1.75. The number of nitrogens with one attached hydrogen (secondary N) is 1. The second-order valence-electron chi connectivity index (χ2n) is 12.1. The first-order chi connectivity index (χ1) is 25.3. The Morgan fingerprint density at radius 2 is 1.60 bits per heavy atom. The number of piperazine rings is 1. The van der Waals surface area contributed by atoms with Crippen molar-refractivity contribution in [3.63, 3.8) is 0 Å². The fourth-order valence-electron chi connectivity index (χ4n) is 5.78. The maximum absolute atomic E-state index is 14.0. The summed E-state index contributed by atoms with van der Waals surface area (Å²) in [4.78, 5) is 29.4. The molecule has 1 aromatic heterocycles. The molecule has 14 nitrogen and oxygen atoms in total. The number of nitrogens with zero attached hydrogens (tertiary/aromatic N) is 5. The van der Waals surface area contributed by atoms with Crippen LogP contribution in [-0.2, 0) is 17.9 Å². The van der Waals surface area contributed by atoms with Gasteiger partial charge in [-0.15, -0.1) is 0 Å². The Labute approximate surface area is 305 Å². The van der Waals surface area contributed by atoms with Gasteiger partial charge in [0, 0.05) is 75.0 Å². The zero-order chi connectivity index (χ0) is 36.9. The Hall–Kier alpha value is -5.31. The van der Waals surface area contributed by atoms with Crippen LogP contribution in [0.25, 0.3) is 0 Å². The number of aromatic nitrogens is 2. The third-order valence-electron chi connectivity index (χ3n) is 8.60. The topological polar surface area (TPSA) is 129 Å². The van der Waals surface area contributed by atoms with Gasteiger partial charge in [0.1, 0.15) is 23.1 Å². The Morgan fingerprint density at radius 3 is 2.33 bits per heavy atom. The highest BCUT2D eigenvalue weighted by Crippen LogP contribution is 2.41. The van der Waals surface area contributed by atoms with E-state index in [0.717, 1.165) is 39.1 Å². The van der Waals surface area contributed by atoms with Crippen LogP contribution in [0, 0.1) is 0 Å². The van der Waals surface area contributed by atoms with Crippen LogP contribution in [-0.4, -0.2) is 108 Å². The third kappa shape index (κ3) is 9.93. The lowest BCUT2D eigenvalue weighted by atomic mass is 10.1. The zero-order valence-corrected chi connectivity index (χ0v) is 30.7. The second kappa shape index (κ2) is 18.8. The van der Waals surface area contributed by atoms with Gasteiger partial charge in [0.05, 0.1) is 48.2 Å². The molecule has 1 N–H and O–H groups in total. The van der Waals surface area contributed by atoms with Gasteiger partial charge in [-0.3, -0.25) is 4.90 Å². The largest absolute Gasteiger partial charge is 0.497 e. The van der Waals surface area contributed by atoms with E-state index >= 15 is 0 Å². The summed E-state index contributed by atoms with van der Waals surface area (Å²) in [5, 5.41) is 3.24. The maximum Gasteiger partial charge on any atom is 0.421 e. The van der Waals surface area contributed by atoms with Crippen LogP contribution in [0.1, 0.15) is 17.5 Å². The van der Waals surface area contributed by atoms with Crippen molar-refractivity contribution in [2.24, 2.45) is 0 Å². The standard InChI is InChI=1S/C38H48N6O8/c1-42-17-19-43(20-18-42)16-9-21-51-34-24-29(23-33(49-5)36(34)50-6)40-37-39-15-14-35(41-37)44(25-28-22-30(47-3)12-13-31(28)48-4)38(45)52-32-11-8-7-10-27(32)26-46-2/h7-8,10-15,22-24H,9,16-21,25-26H2,1-6H3,(H,39,40,41). The molecule has 0 saturated carbocycles. The predicted molar refractivity (Wildman–Crippen MR) is 198 cm³/mol. The molecule has 0 bridgehead atoms. The van der Waals surface area contributed by atoms with Crippen LogP contribution in [0.2, 0.25) is 0 Å². The number of rotatable bonds is 17. The van der Waals surface area contributed by atoms with Crippen molar-refractivity contribution >= 4 is 23.5 Å². The monoisotopic (exact) mass is 716 g/mol. The Balaban J connectivity index is 1.40. The third-order valence-corrected chi connectivity index (χ3v) is 8.60. The maximum atomic E-state index is 14.0. The summed E-state index contributed by atoms with van der Waals surface area (Å²) < 4.78 is 39.9. The number of ether oxygens (including phenoxy) is 7. The number of hydrogen-bond donors (Lipinski definition) is 1. The van der Waals surface area contributed by atoms with Gasteiger partial charge in [-0.25, -0.2) is 9.78 Å². The summed E-state index contributed by atoms with van der Waals surface area (Å²) in [5.74, 6) is 3.51. The number of carbonyl (C=O) groups excluding carboxylic acids is 1. The minimum Gasteiger partial charge on any atom is -0.497 e. The summed E-state index contributed by atoms with van der Waals surface area (Å²) in [6, 6.07) is 17.8. The van der Waals surface area contributed by atoms with E-state index in [0.29, 0.717) is 57.9 Å². The molecule has 5 rings (SSSR count). The molecule has 4 aromatic rings. The van der Waals surface area contributed by atoms with Crippen LogP contribution in [0.5, 0.6) is 34.5 Å². The first kappa shape index (κ1) is 37.9. The SMILES string of the molecule is COCc1ccccc1OC(=O)N(Cc1cc(OC)ccc1OC)c1ccnc(Nc2cc(OC)c(OC)c(OCCCN3CCN(C)CC3)c2)n1. The van der Waals surface area contributed by atoms with Gasteiger partial charge in [0.15, 0.2) is 11.5 Å². The van der Waals surface area contributed by atoms with Crippen molar-refractivity contribution in [3.05, 3.63) is 78.0 Å². The van der Waals surface area contributed by atoms with Crippen LogP contribution in [0.3, 0.4) is 0 Å². The molecule has 0 radical (unpaired) electrons. The fourth-order valence-corrected chi connectivity index (χ4v) is 5.78. The number of para-hydroxylation sites is 1. The minimum absolute atomic E-state index is 0.0462. The highest BCUT2D eigenvalue weighted by atomic mass is 16.6. The smallest absolute Gasteiger partial charge is 0.421 e. The molecule has 14 heteroatoms. The number of benzene rings is 3. The molecule has 1 amide bonds. The van der Waals surface area contributed by atoms with Crippen molar-refractivity contribution in [1.29, 1.82) is 0 Å². The van der Waals surface area contributed by atoms with Crippen molar-refractivity contribution in [2.45, 2.75) is 19.6 Å². The molecule has 3 aromatic carbocycles. The predicted octanol–water partition coefficient (Wildman–Crippen LogP) is 5.62. The van der Waals surface area contributed by atoms with Gasteiger partial charge in [-0.05, 0) is 43.8 Å². The molecular formula is C38H48N6O8. The van der Waals surface area contributed by atoms with Gasteiger partial charge >= 0.3 is 6.09 Å². The minimum atomic E-state index is -0.670. The first-order valence-corrected chi connectivity index (χ1v) is 17.0. The number of methoxy groups -OCH3 is 5. The van der Waals surface area contributed by atoms with E-state index in [9.17, 15) is 4.79 Å². The normalized spacial score (nSPS) is 13.3. The van der Waals surface area contributed by atoms with Crippen molar-refractivity contribution in [3.8, 4) is 34.5 Å². The molecule has 52 heavy (non-hydrogen) atoms. The van der Waals surface area contributed by atoms with Gasteiger partial charge in [-0.1, -0.05) is 18.2 Å². The number of hydrogen-bond acceptors (Lipinski definition) is 13. The molecule has 0 atom stereocenters. The lowest BCUT2D eigenvalue weighted by molar-refractivity contribution is 0.145. The van der Waals surface area contributed by atoms with E-state index in [1.165, 1.54) is 4.90 Å². The number of amides is 1. The summed E-state index contributed by atoms with van der Waals surface area (Å²) in [7, 11) is 10.0. The van der Waals surface area contributed by atoms with Gasteiger partial charge in [0.25, 0.3) is 0 Å². The number of anilines is 3. The Kier molecular flexibility index (Phi) is 13.7. The first-order valence-electron chi connectivity index (χ1n) is 17.0. The van der Waals surface area contributed by atoms with Crippen LogP contribution in [0.4, 0.5) is 22.2 Å². The van der Waals surface area contributed by atoms with E-state index < -0.39 is 6.09 Å². The van der Waals surface area contributed by atoms with E-state index in [1.54, 1.807) is 84.2 Å². The van der Waals surface area contributed by atoms with Gasteiger partial charge in [0.2, 0.25) is 11.7 Å². The summed E-state index contributed by atoms with van der Waals surface area (Å²) in [5.41, 5.74) is 1.99. The highest BCUT2D eigenvalue weighted by Gasteiger charge is 2.24. The summed E-state index contributed by atoms with van der Waals surface area (Å²) in [6.45, 7) is 6.00. The molecule has 0 aliphatic carbocycles. The van der Waals surface area contributed by atoms with Crippen molar-refractivity contribution < 1.29 is 38.0 Å². The van der Waals surface area contributed by atoms with Crippen molar-refractivity contribution in [1.82, 2.24) is 19.8 Å². The van der Waals surface area contributed by atoms with Crippen LogP contribution >= 0.6 is 0 Å². The molecule has 0 spiro atoms. The fraction of sp³-hybridized carbons (Fsp3) is 0.395. The van der Waals surface area contributed by atoms with E-state index in [-0.39, 0.29) is 24.9 Å². The van der Waals surface area contributed by atoms with E-state index in [1.807, 2.05) is 18.2 Å².